The summed E-state index contributed by atoms with van der Waals surface area (Å²) in [4.78, 5) is 0. The molecule has 0 unspecified atom stereocenters. The van der Waals surface area contributed by atoms with E-state index in [1.54, 1.807) is 6.26 Å². The molecule has 196 valence electrons. The molecule has 0 spiro atoms. The van der Waals surface area contributed by atoms with Gasteiger partial charge in [-0.2, -0.15) is 0 Å². The van der Waals surface area contributed by atoms with Crippen molar-refractivity contribution in [3.8, 4) is 33.4 Å². The monoisotopic (exact) mass is 536 g/mol. The minimum absolute atomic E-state index is 0.823. The van der Waals surface area contributed by atoms with Gasteiger partial charge in [-0.1, -0.05) is 115 Å². The van der Waals surface area contributed by atoms with Crippen LogP contribution in [-0.4, -0.2) is 0 Å². The minimum atomic E-state index is 0.823. The zero-order valence-corrected chi connectivity index (χ0v) is 22.7. The highest BCUT2D eigenvalue weighted by Crippen LogP contribution is 2.49. The minimum Gasteiger partial charge on any atom is -0.464 e. The number of furan rings is 2. The molecule has 0 aliphatic rings. The van der Waals surface area contributed by atoms with Gasteiger partial charge in [0.25, 0.3) is 0 Å². The Hall–Kier alpha value is -5.60. The Balaban J connectivity index is 1.45. The van der Waals surface area contributed by atoms with Gasteiger partial charge in [-0.25, -0.2) is 0 Å². The van der Waals surface area contributed by atoms with Crippen molar-refractivity contribution in [2.24, 2.45) is 0 Å². The van der Waals surface area contributed by atoms with Crippen molar-refractivity contribution in [1.82, 2.24) is 0 Å². The normalized spacial score (nSPS) is 11.8. The predicted octanol–water partition coefficient (Wildman–Crippen LogP) is 11.6. The molecule has 2 aromatic heterocycles. The maximum Gasteiger partial charge on any atom is 0.139 e. The van der Waals surface area contributed by atoms with E-state index < -0.39 is 0 Å². The van der Waals surface area contributed by atoms with Crippen molar-refractivity contribution in [3.63, 3.8) is 0 Å². The molecule has 0 radical (unpaired) electrons. The zero-order valence-electron chi connectivity index (χ0n) is 22.7. The van der Waals surface area contributed by atoms with Crippen molar-refractivity contribution in [1.29, 1.82) is 0 Å². The highest BCUT2D eigenvalue weighted by atomic mass is 16.3. The Kier molecular flexibility index (Phi) is 4.93. The summed E-state index contributed by atoms with van der Waals surface area (Å²) < 4.78 is 12.4. The molecular formula is C40H24O2. The number of hydrogen-bond acceptors (Lipinski definition) is 2. The van der Waals surface area contributed by atoms with Gasteiger partial charge in [0.15, 0.2) is 0 Å². The Morgan fingerprint density at radius 3 is 1.67 bits per heavy atom. The lowest BCUT2D eigenvalue weighted by Gasteiger charge is -2.19. The first-order valence-electron chi connectivity index (χ1n) is 14.3. The third-order valence-corrected chi connectivity index (χ3v) is 8.54. The summed E-state index contributed by atoms with van der Waals surface area (Å²) in [6, 6.07) is 49.6. The molecule has 9 aromatic rings. The second-order valence-electron chi connectivity index (χ2n) is 10.8. The van der Waals surface area contributed by atoms with Crippen molar-refractivity contribution < 1.29 is 8.83 Å². The van der Waals surface area contributed by atoms with Crippen LogP contribution in [0.2, 0.25) is 0 Å². The first-order valence-corrected chi connectivity index (χ1v) is 14.3. The topological polar surface area (TPSA) is 26.3 Å². The number of rotatable bonds is 3. The molecule has 0 bridgehead atoms. The third-order valence-electron chi connectivity index (χ3n) is 8.54. The molecule has 0 atom stereocenters. The van der Waals surface area contributed by atoms with Gasteiger partial charge in [0.05, 0.1) is 6.26 Å². The van der Waals surface area contributed by atoms with E-state index in [-0.39, 0.29) is 0 Å². The Bertz CT molecular complexity index is 2400. The van der Waals surface area contributed by atoms with E-state index in [1.165, 1.54) is 49.4 Å². The molecule has 0 fully saturated rings. The average Bonchev–Trinajstić information content (AvgIpc) is 3.67. The zero-order chi connectivity index (χ0) is 27.6. The van der Waals surface area contributed by atoms with Crippen LogP contribution in [0.3, 0.4) is 0 Å². The van der Waals surface area contributed by atoms with Crippen molar-refractivity contribution in [3.05, 3.63) is 146 Å². The van der Waals surface area contributed by atoms with Crippen LogP contribution in [0.4, 0.5) is 0 Å². The quantitative estimate of drug-likeness (QED) is 0.210. The van der Waals surface area contributed by atoms with E-state index in [4.69, 9.17) is 8.83 Å². The van der Waals surface area contributed by atoms with Crippen LogP contribution in [0.25, 0.3) is 87.8 Å². The molecule has 0 aliphatic heterocycles. The first-order chi connectivity index (χ1) is 20.8. The van der Waals surface area contributed by atoms with Gasteiger partial charge in [-0.05, 0) is 67.6 Å². The molecule has 0 saturated heterocycles. The van der Waals surface area contributed by atoms with E-state index >= 15 is 0 Å². The van der Waals surface area contributed by atoms with Crippen molar-refractivity contribution >= 4 is 54.5 Å². The molecule has 42 heavy (non-hydrogen) atoms. The number of para-hydroxylation sites is 1. The molecular weight excluding hydrogens is 512 g/mol. The summed E-state index contributed by atoms with van der Waals surface area (Å²) in [5, 5.41) is 8.17. The molecule has 9 rings (SSSR count). The van der Waals surface area contributed by atoms with Crippen LogP contribution in [0, 0.1) is 0 Å². The fraction of sp³-hybridized carbons (Fsp3) is 0. The van der Waals surface area contributed by atoms with Crippen LogP contribution in [0.1, 0.15) is 0 Å². The summed E-state index contributed by atoms with van der Waals surface area (Å²) in [7, 11) is 0. The SMILES string of the molecule is c1ccc(-c2cccc(-c3c4ccccc4c(-c4c5ccoc5cc5oc6ccccc6c45)c4ccccc34)c2)cc1. The summed E-state index contributed by atoms with van der Waals surface area (Å²) in [5.41, 5.74) is 9.76. The highest BCUT2D eigenvalue weighted by Gasteiger charge is 2.23. The molecule has 2 heterocycles. The standard InChI is InChI=1S/C40H24O2/c1-2-11-25(12-3-1)26-13-10-14-27(23-26)37-28-15-4-6-17-30(28)38(31-18-7-5-16-29(31)37)40-33-21-22-41-35(33)24-36-39(40)32-19-8-9-20-34(32)42-36/h1-24H. The first kappa shape index (κ1) is 23.1. The smallest absolute Gasteiger partial charge is 0.139 e. The van der Waals surface area contributed by atoms with Crippen LogP contribution < -0.4 is 0 Å². The molecule has 0 saturated carbocycles. The van der Waals surface area contributed by atoms with E-state index in [9.17, 15) is 0 Å². The van der Waals surface area contributed by atoms with Gasteiger partial charge in [-0.3, -0.25) is 0 Å². The second-order valence-corrected chi connectivity index (χ2v) is 10.8. The molecule has 2 heteroatoms. The van der Waals surface area contributed by atoms with Gasteiger partial charge in [0, 0.05) is 27.8 Å². The van der Waals surface area contributed by atoms with Gasteiger partial charge in [0.1, 0.15) is 16.7 Å². The Morgan fingerprint density at radius 1 is 0.333 bits per heavy atom. The number of fused-ring (bicyclic) bond motifs is 6. The number of benzene rings is 7. The van der Waals surface area contributed by atoms with Gasteiger partial charge in [-0.15, -0.1) is 0 Å². The lowest BCUT2D eigenvalue weighted by molar-refractivity contribution is 0.613. The van der Waals surface area contributed by atoms with Crippen molar-refractivity contribution in [2.75, 3.05) is 0 Å². The van der Waals surface area contributed by atoms with E-state index in [0.29, 0.717) is 0 Å². The second kappa shape index (κ2) is 8.95. The van der Waals surface area contributed by atoms with E-state index in [2.05, 4.69) is 121 Å². The molecule has 0 N–H and O–H groups in total. The maximum absolute atomic E-state index is 6.40. The summed E-state index contributed by atoms with van der Waals surface area (Å²) in [6.45, 7) is 0. The highest BCUT2D eigenvalue weighted by molar-refractivity contribution is 6.29. The Labute approximate surface area is 242 Å². The lowest BCUT2D eigenvalue weighted by atomic mass is 9.83. The summed E-state index contributed by atoms with van der Waals surface area (Å²) >= 11 is 0. The number of hydrogen-bond donors (Lipinski definition) is 0. The maximum atomic E-state index is 6.40. The van der Waals surface area contributed by atoms with E-state index in [0.717, 1.165) is 38.5 Å². The summed E-state index contributed by atoms with van der Waals surface area (Å²) in [5.74, 6) is 0. The van der Waals surface area contributed by atoms with E-state index in [1.807, 2.05) is 18.2 Å². The van der Waals surface area contributed by atoms with Crippen LogP contribution in [-0.2, 0) is 0 Å². The molecule has 2 nitrogen and oxygen atoms in total. The molecule has 0 amide bonds. The van der Waals surface area contributed by atoms with Gasteiger partial charge >= 0.3 is 0 Å². The largest absolute Gasteiger partial charge is 0.464 e. The van der Waals surface area contributed by atoms with Crippen LogP contribution in [0.15, 0.2) is 155 Å². The molecule has 7 aromatic carbocycles. The fourth-order valence-corrected chi connectivity index (χ4v) is 6.77. The summed E-state index contributed by atoms with van der Waals surface area (Å²) in [6.07, 6.45) is 1.78. The van der Waals surface area contributed by atoms with Gasteiger partial charge < -0.3 is 8.83 Å². The average molecular weight is 537 g/mol. The van der Waals surface area contributed by atoms with Crippen LogP contribution >= 0.6 is 0 Å². The predicted molar refractivity (Wildman–Crippen MR) is 175 cm³/mol. The van der Waals surface area contributed by atoms with Crippen molar-refractivity contribution in [2.45, 2.75) is 0 Å². The fourth-order valence-electron chi connectivity index (χ4n) is 6.77. The van der Waals surface area contributed by atoms with Crippen LogP contribution in [0.5, 0.6) is 0 Å². The van der Waals surface area contributed by atoms with Gasteiger partial charge in [0.2, 0.25) is 0 Å². The lowest BCUT2D eigenvalue weighted by Crippen LogP contribution is -1.92. The molecule has 0 aliphatic carbocycles. The third kappa shape index (κ3) is 3.33. The Morgan fingerprint density at radius 2 is 0.929 bits per heavy atom.